The molecule has 0 radical (unpaired) electrons. The van der Waals surface area contributed by atoms with Gasteiger partial charge in [-0.15, -0.1) is 0 Å². The van der Waals surface area contributed by atoms with Crippen molar-refractivity contribution in [2.75, 3.05) is 16.8 Å². The van der Waals surface area contributed by atoms with Gasteiger partial charge in [-0.2, -0.15) is 14.9 Å². The molecule has 0 amide bonds. The number of nitriles is 2. The fourth-order valence-electron chi connectivity index (χ4n) is 3.49. The van der Waals surface area contributed by atoms with Gasteiger partial charge in [0, 0.05) is 5.56 Å². The van der Waals surface area contributed by atoms with Gasteiger partial charge in [0.15, 0.2) is 17.8 Å². The van der Waals surface area contributed by atoms with Gasteiger partial charge in [-0.3, -0.25) is 5.32 Å². The number of hydrogen-bond donors (Lipinski definition) is 4. The van der Waals surface area contributed by atoms with Crippen LogP contribution in [0, 0.1) is 34.4 Å². The van der Waals surface area contributed by atoms with Gasteiger partial charge >= 0.3 is 0 Å². The van der Waals surface area contributed by atoms with E-state index < -0.39 is 17.7 Å². The second-order valence-corrected chi connectivity index (χ2v) is 6.94. The molecule has 4 rings (SSSR count). The minimum atomic E-state index is -1.09. The molecule has 0 spiro atoms. The lowest BCUT2D eigenvalue weighted by molar-refractivity contribution is 0.283. The molecule has 6 N–H and O–H groups in total. The molecule has 0 saturated carbocycles. The molecular formula is C22H16F2N8O. The monoisotopic (exact) mass is 446 g/mol. The first kappa shape index (κ1) is 21.3. The largest absolute Gasteiger partial charge is 0.486 e. The summed E-state index contributed by atoms with van der Waals surface area (Å²) in [5.74, 6) is -2.11. The van der Waals surface area contributed by atoms with Crippen LogP contribution in [0.4, 0.5) is 26.1 Å². The fourth-order valence-corrected chi connectivity index (χ4v) is 3.49. The average Bonchev–Trinajstić information content (AvgIpc) is 2.80. The zero-order chi connectivity index (χ0) is 23.5. The van der Waals surface area contributed by atoms with Crippen LogP contribution in [-0.2, 0) is 6.61 Å². The van der Waals surface area contributed by atoms with E-state index in [0.29, 0.717) is 16.7 Å². The predicted octanol–water partition coefficient (Wildman–Crippen LogP) is 2.92. The summed E-state index contributed by atoms with van der Waals surface area (Å²) in [6.07, 6.45) is 1.78. The Kier molecular flexibility index (Phi) is 5.62. The maximum atomic E-state index is 14.0. The summed E-state index contributed by atoms with van der Waals surface area (Å²) in [5.41, 5.74) is 13.8. The van der Waals surface area contributed by atoms with Crippen LogP contribution in [0.3, 0.4) is 0 Å². The Hall–Kier alpha value is -4.90. The van der Waals surface area contributed by atoms with Gasteiger partial charge in [0.2, 0.25) is 11.8 Å². The summed E-state index contributed by atoms with van der Waals surface area (Å²) in [4.78, 5) is 8.72. The number of aromatic nitrogens is 1. The molecule has 1 aliphatic heterocycles. The molecule has 11 heteroatoms. The van der Waals surface area contributed by atoms with E-state index in [2.05, 4.69) is 20.6 Å². The molecule has 2 aromatic carbocycles. The first-order valence-electron chi connectivity index (χ1n) is 9.58. The quantitative estimate of drug-likeness (QED) is 0.352. The van der Waals surface area contributed by atoms with E-state index in [0.717, 1.165) is 6.07 Å². The Balaban J connectivity index is 1.80. The number of benzene rings is 2. The minimum absolute atomic E-state index is 0.00278. The van der Waals surface area contributed by atoms with Gasteiger partial charge in [0.1, 0.15) is 35.9 Å². The van der Waals surface area contributed by atoms with E-state index in [4.69, 9.17) is 21.5 Å². The molecule has 1 aromatic heterocycles. The number of hydrogen-bond acceptors (Lipinski definition) is 9. The van der Waals surface area contributed by atoms with Gasteiger partial charge < -0.3 is 21.5 Å². The number of anilines is 3. The number of fused-ring (bicyclic) bond motifs is 1. The second-order valence-electron chi connectivity index (χ2n) is 6.94. The van der Waals surface area contributed by atoms with Gasteiger partial charge in [-0.1, -0.05) is 30.3 Å². The van der Waals surface area contributed by atoms with Crippen LogP contribution in [0.15, 0.2) is 47.5 Å². The second kappa shape index (κ2) is 8.69. The van der Waals surface area contributed by atoms with Crippen molar-refractivity contribution in [2.45, 2.75) is 12.6 Å². The van der Waals surface area contributed by atoms with Crippen LogP contribution < -0.4 is 26.8 Å². The molecular weight excluding hydrogens is 430 g/mol. The number of aliphatic imine (C=N–C) groups is 1. The molecule has 3 aromatic rings. The molecule has 33 heavy (non-hydrogen) atoms. The SMILES string of the molecule is N#CNC1=NC(c2ccccc2COc2cccc(F)c2F)c2c(nc(N)c(C#N)c2N)N1. The van der Waals surface area contributed by atoms with E-state index in [-0.39, 0.29) is 41.2 Å². The van der Waals surface area contributed by atoms with Crippen LogP contribution in [0.25, 0.3) is 0 Å². The lowest BCUT2D eigenvalue weighted by atomic mass is 9.92. The van der Waals surface area contributed by atoms with E-state index in [1.807, 2.05) is 6.07 Å². The standard InChI is InChI=1S/C22H16F2N8O/c23-14-6-3-7-15(17(14)24)33-9-11-4-1-2-5-12(11)19-16-18(27)13(8-25)20(28)31-21(16)32-22(30-19)29-10-26/h1-7,19H,9H2,(H6,27,28,29,30,31,32). The molecule has 0 saturated heterocycles. The van der Waals surface area contributed by atoms with E-state index in [1.54, 1.807) is 30.5 Å². The van der Waals surface area contributed by atoms with Gasteiger partial charge in [-0.25, -0.2) is 14.4 Å². The first-order valence-corrected chi connectivity index (χ1v) is 9.58. The van der Waals surface area contributed by atoms with Crippen molar-refractivity contribution >= 4 is 23.3 Å². The number of nitrogen functional groups attached to an aromatic ring is 2. The van der Waals surface area contributed by atoms with Crippen LogP contribution in [0.5, 0.6) is 5.75 Å². The first-order chi connectivity index (χ1) is 15.9. The number of nitrogens with zero attached hydrogens (tertiary/aromatic N) is 4. The summed E-state index contributed by atoms with van der Waals surface area (Å²) >= 11 is 0. The van der Waals surface area contributed by atoms with Crippen molar-refractivity contribution in [3.63, 3.8) is 0 Å². The molecule has 0 bridgehead atoms. The van der Waals surface area contributed by atoms with Gasteiger partial charge in [-0.05, 0) is 23.3 Å². The van der Waals surface area contributed by atoms with Gasteiger partial charge in [0.05, 0.1) is 5.69 Å². The maximum Gasteiger partial charge on any atom is 0.211 e. The predicted molar refractivity (Wildman–Crippen MR) is 117 cm³/mol. The van der Waals surface area contributed by atoms with E-state index >= 15 is 0 Å². The van der Waals surface area contributed by atoms with Gasteiger partial charge in [0.25, 0.3) is 0 Å². The minimum Gasteiger partial charge on any atom is -0.486 e. The van der Waals surface area contributed by atoms with Crippen molar-refractivity contribution in [3.05, 3.63) is 76.4 Å². The van der Waals surface area contributed by atoms with Crippen LogP contribution in [0.2, 0.25) is 0 Å². The number of pyridine rings is 1. The Morgan fingerprint density at radius 3 is 2.67 bits per heavy atom. The topological polar surface area (TPSA) is 158 Å². The Labute approximate surface area is 186 Å². The number of nitrogens with two attached hydrogens (primary N) is 2. The van der Waals surface area contributed by atoms with Crippen molar-refractivity contribution in [1.29, 1.82) is 10.5 Å². The van der Waals surface area contributed by atoms with Crippen LogP contribution in [-0.4, -0.2) is 10.9 Å². The lowest BCUT2D eigenvalue weighted by Crippen LogP contribution is -2.33. The lowest BCUT2D eigenvalue weighted by Gasteiger charge is -2.27. The Morgan fingerprint density at radius 2 is 1.91 bits per heavy atom. The number of ether oxygens (including phenoxy) is 1. The van der Waals surface area contributed by atoms with Crippen molar-refractivity contribution < 1.29 is 13.5 Å². The molecule has 164 valence electrons. The van der Waals surface area contributed by atoms with E-state index in [1.165, 1.54) is 12.1 Å². The Morgan fingerprint density at radius 1 is 1.12 bits per heavy atom. The number of nitrogens with one attached hydrogen (secondary N) is 2. The van der Waals surface area contributed by atoms with Crippen molar-refractivity contribution in [1.82, 2.24) is 10.3 Å². The summed E-state index contributed by atoms with van der Waals surface area (Å²) in [5, 5.41) is 23.8. The molecule has 9 nitrogen and oxygen atoms in total. The summed E-state index contributed by atoms with van der Waals surface area (Å²) in [7, 11) is 0. The highest BCUT2D eigenvalue weighted by Gasteiger charge is 2.31. The highest BCUT2D eigenvalue weighted by Crippen LogP contribution is 2.41. The third-order valence-electron chi connectivity index (χ3n) is 5.01. The Bertz CT molecular complexity index is 1360. The number of guanidine groups is 1. The smallest absolute Gasteiger partial charge is 0.211 e. The molecule has 2 heterocycles. The molecule has 0 aliphatic carbocycles. The average molecular weight is 446 g/mol. The summed E-state index contributed by atoms with van der Waals surface area (Å²) < 4.78 is 33.1. The highest BCUT2D eigenvalue weighted by atomic mass is 19.2. The third-order valence-corrected chi connectivity index (χ3v) is 5.01. The molecule has 1 atom stereocenters. The molecule has 1 unspecified atom stereocenters. The van der Waals surface area contributed by atoms with Crippen molar-refractivity contribution in [3.8, 4) is 18.0 Å². The zero-order valence-corrected chi connectivity index (χ0v) is 16.9. The molecule has 1 aliphatic rings. The highest BCUT2D eigenvalue weighted by molar-refractivity contribution is 5.98. The van der Waals surface area contributed by atoms with E-state index in [9.17, 15) is 14.0 Å². The maximum absolute atomic E-state index is 14.0. The fraction of sp³-hybridized carbons (Fsp3) is 0.0909. The zero-order valence-electron chi connectivity index (χ0n) is 16.9. The van der Waals surface area contributed by atoms with Crippen molar-refractivity contribution in [2.24, 2.45) is 4.99 Å². The van der Waals surface area contributed by atoms with Crippen LogP contribution in [0.1, 0.15) is 28.3 Å². The third kappa shape index (κ3) is 3.91. The summed E-state index contributed by atoms with van der Waals surface area (Å²) in [6, 6.07) is 11.8. The normalized spacial score (nSPS) is 14.2. The number of rotatable bonds is 4. The summed E-state index contributed by atoms with van der Waals surface area (Å²) in [6.45, 7) is -0.111. The number of halogens is 2. The van der Waals surface area contributed by atoms with Crippen LogP contribution >= 0.6 is 0 Å². The molecule has 0 fully saturated rings.